The maximum Gasteiger partial charge on any atom is 0.226 e. The molecule has 0 unspecified atom stereocenters. The van der Waals surface area contributed by atoms with E-state index >= 15 is 0 Å². The first-order valence-electron chi connectivity index (χ1n) is 5.28. The van der Waals surface area contributed by atoms with Gasteiger partial charge in [-0.1, -0.05) is 30.3 Å². The summed E-state index contributed by atoms with van der Waals surface area (Å²) in [5.41, 5.74) is 2.26. The summed E-state index contributed by atoms with van der Waals surface area (Å²) in [6.45, 7) is 2.10. The van der Waals surface area contributed by atoms with Crippen molar-refractivity contribution < 1.29 is 0 Å². The van der Waals surface area contributed by atoms with Gasteiger partial charge in [0.2, 0.25) is 5.95 Å². The van der Waals surface area contributed by atoms with Crippen LogP contribution in [0.1, 0.15) is 18.5 Å². The van der Waals surface area contributed by atoms with Crippen LogP contribution in [0.25, 0.3) is 5.70 Å². The minimum absolute atomic E-state index is 0.231. The van der Waals surface area contributed by atoms with Crippen molar-refractivity contribution in [1.82, 2.24) is 14.8 Å². The lowest BCUT2D eigenvalue weighted by atomic mass is 10.1. The van der Waals surface area contributed by atoms with Crippen LogP contribution in [0.15, 0.2) is 42.7 Å². The fourth-order valence-corrected chi connectivity index (χ4v) is 1.90. The van der Waals surface area contributed by atoms with Gasteiger partial charge < -0.3 is 5.32 Å². The van der Waals surface area contributed by atoms with Gasteiger partial charge in [0.15, 0.2) is 0 Å². The molecule has 0 bridgehead atoms. The van der Waals surface area contributed by atoms with E-state index < -0.39 is 0 Å². The van der Waals surface area contributed by atoms with E-state index in [1.165, 1.54) is 5.56 Å². The molecule has 2 heterocycles. The molecule has 1 atom stereocenters. The summed E-state index contributed by atoms with van der Waals surface area (Å²) in [6.07, 6.45) is 3.72. The Morgan fingerprint density at radius 1 is 1.25 bits per heavy atom. The smallest absolute Gasteiger partial charge is 0.226 e. The zero-order chi connectivity index (χ0) is 11.0. The van der Waals surface area contributed by atoms with E-state index in [9.17, 15) is 0 Å². The Balaban J connectivity index is 2.01. The van der Waals surface area contributed by atoms with Crippen molar-refractivity contribution in [1.29, 1.82) is 0 Å². The average molecular weight is 212 g/mol. The highest BCUT2D eigenvalue weighted by Crippen LogP contribution is 2.26. The number of benzene rings is 1. The van der Waals surface area contributed by atoms with E-state index in [1.807, 2.05) is 22.9 Å². The number of fused-ring (bicyclic) bond motifs is 1. The maximum absolute atomic E-state index is 4.18. The Kier molecular flexibility index (Phi) is 1.99. The monoisotopic (exact) mass is 212 g/mol. The number of rotatable bonds is 1. The fourth-order valence-electron chi connectivity index (χ4n) is 1.90. The molecule has 0 spiro atoms. The van der Waals surface area contributed by atoms with Crippen molar-refractivity contribution in [2.45, 2.75) is 13.0 Å². The molecule has 0 saturated carbocycles. The number of hydrogen-bond donors (Lipinski definition) is 1. The lowest BCUT2D eigenvalue weighted by Gasteiger charge is -2.21. The molecule has 1 aromatic carbocycles. The molecule has 1 aliphatic rings. The quantitative estimate of drug-likeness (QED) is 0.788. The third kappa shape index (κ3) is 1.39. The van der Waals surface area contributed by atoms with E-state index in [4.69, 9.17) is 0 Å². The Hall–Kier alpha value is -2.10. The van der Waals surface area contributed by atoms with Gasteiger partial charge in [0.05, 0.1) is 6.04 Å². The number of anilines is 1. The predicted octanol–water partition coefficient (Wildman–Crippen LogP) is 2.31. The van der Waals surface area contributed by atoms with Gasteiger partial charge in [-0.3, -0.25) is 0 Å². The highest BCUT2D eigenvalue weighted by Gasteiger charge is 2.17. The topological polar surface area (TPSA) is 42.7 Å². The van der Waals surface area contributed by atoms with Crippen molar-refractivity contribution in [3.63, 3.8) is 0 Å². The molecule has 4 nitrogen and oxygen atoms in total. The largest absolute Gasteiger partial charge is 0.324 e. The highest BCUT2D eigenvalue weighted by molar-refractivity contribution is 5.76. The van der Waals surface area contributed by atoms with Crippen LogP contribution < -0.4 is 5.32 Å². The predicted molar refractivity (Wildman–Crippen MR) is 62.8 cm³/mol. The Labute approximate surface area is 93.6 Å². The SMILES string of the molecule is C[C@@H]1C=C(c2ccccc2)Nc2ncnn21. The normalized spacial score (nSPS) is 18.6. The molecular formula is C12H12N4. The molecule has 1 aliphatic heterocycles. The maximum atomic E-state index is 4.18. The molecule has 4 heteroatoms. The molecule has 1 N–H and O–H groups in total. The van der Waals surface area contributed by atoms with E-state index in [1.54, 1.807) is 6.33 Å². The molecule has 3 rings (SSSR count). The number of aromatic nitrogens is 3. The van der Waals surface area contributed by atoms with Crippen LogP contribution in [0, 0.1) is 0 Å². The third-order valence-electron chi connectivity index (χ3n) is 2.70. The minimum Gasteiger partial charge on any atom is -0.324 e. The molecule has 0 saturated heterocycles. The number of nitrogens with one attached hydrogen (secondary N) is 1. The van der Waals surface area contributed by atoms with Gasteiger partial charge in [-0.25, -0.2) is 4.68 Å². The molecular weight excluding hydrogens is 200 g/mol. The van der Waals surface area contributed by atoms with Crippen molar-refractivity contribution >= 4 is 11.6 Å². The standard InChI is InChI=1S/C12H12N4/c1-9-7-11(10-5-3-2-4-6-10)15-12-13-8-14-16(9)12/h2-9H,1H3,(H,13,14,15)/t9-/m1/s1. The van der Waals surface area contributed by atoms with E-state index in [2.05, 4.69) is 40.5 Å². The minimum atomic E-state index is 0.231. The van der Waals surface area contributed by atoms with Crippen molar-refractivity contribution in [3.05, 3.63) is 48.3 Å². The van der Waals surface area contributed by atoms with Crippen LogP contribution >= 0.6 is 0 Å². The molecule has 80 valence electrons. The molecule has 16 heavy (non-hydrogen) atoms. The second-order valence-electron chi connectivity index (χ2n) is 3.84. The van der Waals surface area contributed by atoms with Gasteiger partial charge >= 0.3 is 0 Å². The van der Waals surface area contributed by atoms with Crippen LogP contribution in [0.5, 0.6) is 0 Å². The molecule has 0 amide bonds. The first-order chi connectivity index (χ1) is 7.84. The number of hydrogen-bond acceptors (Lipinski definition) is 3. The van der Waals surface area contributed by atoms with E-state index in [0.29, 0.717) is 0 Å². The van der Waals surface area contributed by atoms with Crippen molar-refractivity contribution in [2.24, 2.45) is 0 Å². The summed E-state index contributed by atoms with van der Waals surface area (Å²) < 4.78 is 1.87. The lowest BCUT2D eigenvalue weighted by molar-refractivity contribution is 0.581. The van der Waals surface area contributed by atoms with E-state index in [-0.39, 0.29) is 6.04 Å². The summed E-state index contributed by atoms with van der Waals surface area (Å²) in [6, 6.07) is 10.5. The van der Waals surface area contributed by atoms with Crippen LogP contribution in [0.2, 0.25) is 0 Å². The van der Waals surface area contributed by atoms with Crippen LogP contribution in [-0.2, 0) is 0 Å². The van der Waals surface area contributed by atoms with Crippen LogP contribution in [0.4, 0.5) is 5.95 Å². The average Bonchev–Trinajstić information content (AvgIpc) is 2.79. The number of nitrogens with zero attached hydrogens (tertiary/aromatic N) is 3. The summed E-state index contributed by atoms with van der Waals surface area (Å²) in [5, 5.41) is 7.44. The summed E-state index contributed by atoms with van der Waals surface area (Å²) in [5.74, 6) is 0.800. The van der Waals surface area contributed by atoms with Gasteiger partial charge in [-0.05, 0) is 18.6 Å². The number of allylic oxidation sites excluding steroid dienone is 1. The first-order valence-corrected chi connectivity index (χ1v) is 5.28. The van der Waals surface area contributed by atoms with E-state index in [0.717, 1.165) is 11.6 Å². The van der Waals surface area contributed by atoms with Crippen LogP contribution in [-0.4, -0.2) is 14.8 Å². The summed E-state index contributed by atoms with van der Waals surface area (Å²) >= 11 is 0. The molecule has 0 aliphatic carbocycles. The first kappa shape index (κ1) is 9.15. The fraction of sp³-hybridized carbons (Fsp3) is 0.167. The molecule has 0 fully saturated rings. The van der Waals surface area contributed by atoms with Gasteiger partial charge in [0.25, 0.3) is 0 Å². The zero-order valence-corrected chi connectivity index (χ0v) is 8.96. The molecule has 1 aromatic heterocycles. The van der Waals surface area contributed by atoms with Crippen molar-refractivity contribution in [2.75, 3.05) is 5.32 Å². The third-order valence-corrected chi connectivity index (χ3v) is 2.70. The summed E-state index contributed by atoms with van der Waals surface area (Å²) in [7, 11) is 0. The zero-order valence-electron chi connectivity index (χ0n) is 8.96. The molecule has 2 aromatic rings. The highest BCUT2D eigenvalue weighted by atomic mass is 15.4. The Morgan fingerprint density at radius 2 is 2.06 bits per heavy atom. The van der Waals surface area contributed by atoms with Crippen LogP contribution in [0.3, 0.4) is 0 Å². The Morgan fingerprint density at radius 3 is 2.88 bits per heavy atom. The van der Waals surface area contributed by atoms with Gasteiger partial charge in [0, 0.05) is 5.70 Å². The van der Waals surface area contributed by atoms with Gasteiger partial charge in [-0.2, -0.15) is 10.1 Å². The second-order valence-corrected chi connectivity index (χ2v) is 3.84. The van der Waals surface area contributed by atoms with Crippen molar-refractivity contribution in [3.8, 4) is 0 Å². The van der Waals surface area contributed by atoms with Gasteiger partial charge in [-0.15, -0.1) is 0 Å². The summed E-state index contributed by atoms with van der Waals surface area (Å²) in [4.78, 5) is 4.18. The second kappa shape index (κ2) is 3.48. The lowest BCUT2D eigenvalue weighted by Crippen LogP contribution is -2.17. The molecule has 0 radical (unpaired) electrons. The Bertz CT molecular complexity index is 527. The van der Waals surface area contributed by atoms with Gasteiger partial charge in [0.1, 0.15) is 6.33 Å².